The van der Waals surface area contributed by atoms with E-state index in [9.17, 15) is 4.79 Å². The van der Waals surface area contributed by atoms with Gasteiger partial charge in [0.2, 0.25) is 0 Å². The fraction of sp³-hybridized carbons (Fsp3) is 0.235. The maximum atomic E-state index is 12.1. The molecule has 5 heteroatoms. The molecule has 1 fully saturated rings. The number of carbonyl (C=O) groups is 1. The summed E-state index contributed by atoms with van der Waals surface area (Å²) in [5, 5.41) is 0. The number of hydrogen-bond donors (Lipinski definition) is 1. The number of piperazine rings is 1. The molecule has 2 N–H and O–H groups in total. The van der Waals surface area contributed by atoms with Crippen LogP contribution in [-0.2, 0) is 0 Å². The van der Waals surface area contributed by atoms with Crippen molar-refractivity contribution in [3.63, 3.8) is 0 Å². The minimum atomic E-state index is -0.299. The predicted octanol–water partition coefficient (Wildman–Crippen LogP) is 2.59. The number of carbonyl (C=O) groups excluding carboxylic acids is 1. The molecule has 0 unspecified atom stereocenters. The zero-order valence-corrected chi connectivity index (χ0v) is 12.3. The van der Waals surface area contributed by atoms with Crippen molar-refractivity contribution in [1.82, 2.24) is 4.90 Å². The Morgan fingerprint density at radius 1 is 0.909 bits per heavy atom. The second kappa shape index (κ2) is 6.39. The SMILES string of the molecule is Nc1ccccc1N1CCN(C(=O)Oc2ccccc2)CC1. The number of benzene rings is 2. The smallest absolute Gasteiger partial charge is 0.410 e. The number of rotatable bonds is 2. The third kappa shape index (κ3) is 3.14. The van der Waals surface area contributed by atoms with E-state index in [1.54, 1.807) is 17.0 Å². The highest BCUT2D eigenvalue weighted by atomic mass is 16.6. The van der Waals surface area contributed by atoms with Gasteiger partial charge in [-0.25, -0.2) is 4.79 Å². The molecule has 2 aromatic carbocycles. The summed E-state index contributed by atoms with van der Waals surface area (Å²) in [5.41, 5.74) is 7.79. The standard InChI is InChI=1S/C17H19N3O2/c18-15-8-4-5-9-16(15)19-10-12-20(13-11-19)17(21)22-14-6-2-1-3-7-14/h1-9H,10-13,18H2. The Kier molecular flexibility index (Phi) is 4.14. The maximum Gasteiger partial charge on any atom is 0.415 e. The summed E-state index contributed by atoms with van der Waals surface area (Å²) in [4.78, 5) is 16.1. The van der Waals surface area contributed by atoms with Gasteiger partial charge in [0, 0.05) is 26.2 Å². The van der Waals surface area contributed by atoms with Gasteiger partial charge in [0.05, 0.1) is 11.4 Å². The molecule has 1 saturated heterocycles. The van der Waals surface area contributed by atoms with Crippen molar-refractivity contribution >= 4 is 17.5 Å². The Bertz CT molecular complexity index is 637. The van der Waals surface area contributed by atoms with Gasteiger partial charge >= 0.3 is 6.09 Å². The van der Waals surface area contributed by atoms with Crippen molar-refractivity contribution in [2.24, 2.45) is 0 Å². The molecule has 0 radical (unpaired) electrons. The molecule has 3 rings (SSSR count). The van der Waals surface area contributed by atoms with Gasteiger partial charge in [0.15, 0.2) is 0 Å². The normalized spacial score (nSPS) is 14.7. The molecule has 0 aromatic heterocycles. The highest BCUT2D eigenvalue weighted by Crippen LogP contribution is 2.23. The molecule has 2 aromatic rings. The van der Waals surface area contributed by atoms with Crippen molar-refractivity contribution < 1.29 is 9.53 Å². The average Bonchev–Trinajstić information content (AvgIpc) is 2.56. The number of nitrogens with zero attached hydrogens (tertiary/aromatic N) is 2. The van der Waals surface area contributed by atoms with E-state index in [1.807, 2.05) is 42.5 Å². The first kappa shape index (κ1) is 14.3. The van der Waals surface area contributed by atoms with E-state index in [-0.39, 0.29) is 6.09 Å². The van der Waals surface area contributed by atoms with Crippen molar-refractivity contribution in [3.8, 4) is 5.75 Å². The highest BCUT2D eigenvalue weighted by Gasteiger charge is 2.23. The fourth-order valence-corrected chi connectivity index (χ4v) is 2.56. The van der Waals surface area contributed by atoms with Crippen LogP contribution in [0.5, 0.6) is 5.75 Å². The minimum absolute atomic E-state index is 0.299. The molecule has 1 aliphatic rings. The van der Waals surface area contributed by atoms with Gasteiger partial charge in [-0.3, -0.25) is 0 Å². The van der Waals surface area contributed by atoms with Crippen LogP contribution in [0.1, 0.15) is 0 Å². The summed E-state index contributed by atoms with van der Waals surface area (Å²) >= 11 is 0. The molecule has 1 heterocycles. The van der Waals surface area contributed by atoms with Crippen molar-refractivity contribution in [2.75, 3.05) is 36.8 Å². The van der Waals surface area contributed by atoms with Gasteiger partial charge in [0.25, 0.3) is 0 Å². The zero-order valence-electron chi connectivity index (χ0n) is 12.3. The van der Waals surface area contributed by atoms with E-state index >= 15 is 0 Å². The lowest BCUT2D eigenvalue weighted by atomic mass is 10.2. The molecule has 114 valence electrons. The van der Waals surface area contributed by atoms with Crippen LogP contribution in [0.3, 0.4) is 0 Å². The topological polar surface area (TPSA) is 58.8 Å². The van der Waals surface area contributed by atoms with Gasteiger partial charge in [0.1, 0.15) is 5.75 Å². The second-order valence-corrected chi connectivity index (χ2v) is 5.21. The molecule has 0 saturated carbocycles. The third-order valence-electron chi connectivity index (χ3n) is 3.76. The molecule has 5 nitrogen and oxygen atoms in total. The lowest BCUT2D eigenvalue weighted by molar-refractivity contribution is 0.149. The van der Waals surface area contributed by atoms with Crippen LogP contribution < -0.4 is 15.4 Å². The molecular formula is C17H19N3O2. The zero-order chi connectivity index (χ0) is 15.4. The first-order chi connectivity index (χ1) is 10.7. The minimum Gasteiger partial charge on any atom is -0.410 e. The Morgan fingerprint density at radius 3 is 2.23 bits per heavy atom. The summed E-state index contributed by atoms with van der Waals surface area (Å²) in [6.07, 6.45) is -0.299. The summed E-state index contributed by atoms with van der Waals surface area (Å²) in [7, 11) is 0. The number of anilines is 2. The Morgan fingerprint density at radius 2 is 1.55 bits per heavy atom. The summed E-state index contributed by atoms with van der Waals surface area (Å²) in [5.74, 6) is 0.572. The van der Waals surface area contributed by atoms with Gasteiger partial charge in [-0.15, -0.1) is 0 Å². The number of ether oxygens (including phenoxy) is 1. The monoisotopic (exact) mass is 297 g/mol. The molecule has 0 aliphatic carbocycles. The van der Waals surface area contributed by atoms with Crippen molar-refractivity contribution in [2.45, 2.75) is 0 Å². The molecule has 0 bridgehead atoms. The highest BCUT2D eigenvalue weighted by molar-refractivity contribution is 5.72. The third-order valence-corrected chi connectivity index (χ3v) is 3.76. The first-order valence-electron chi connectivity index (χ1n) is 7.35. The first-order valence-corrected chi connectivity index (χ1v) is 7.35. The molecule has 1 amide bonds. The van der Waals surface area contributed by atoms with Crippen LogP contribution in [0.25, 0.3) is 0 Å². The van der Waals surface area contributed by atoms with Crippen molar-refractivity contribution in [3.05, 3.63) is 54.6 Å². The Balaban J connectivity index is 1.58. The number of nitrogen functional groups attached to an aromatic ring is 1. The number of amides is 1. The van der Waals surface area contributed by atoms with Crippen LogP contribution >= 0.6 is 0 Å². The van der Waals surface area contributed by atoms with Gasteiger partial charge in [-0.2, -0.15) is 0 Å². The molecule has 0 atom stereocenters. The van der Waals surface area contributed by atoms with Crippen LogP contribution in [0, 0.1) is 0 Å². The van der Waals surface area contributed by atoms with Gasteiger partial charge in [-0.1, -0.05) is 30.3 Å². The van der Waals surface area contributed by atoms with Gasteiger partial charge < -0.3 is 20.3 Å². The molecule has 1 aliphatic heterocycles. The lowest BCUT2D eigenvalue weighted by Gasteiger charge is -2.35. The van der Waals surface area contributed by atoms with Crippen LogP contribution in [0.4, 0.5) is 16.2 Å². The van der Waals surface area contributed by atoms with Crippen LogP contribution in [0.2, 0.25) is 0 Å². The predicted molar refractivity (Wildman–Crippen MR) is 87.1 cm³/mol. The summed E-state index contributed by atoms with van der Waals surface area (Å²) in [6.45, 7) is 2.75. The maximum absolute atomic E-state index is 12.1. The van der Waals surface area contributed by atoms with E-state index in [0.717, 1.165) is 24.5 Å². The van der Waals surface area contributed by atoms with E-state index < -0.39 is 0 Å². The molecule has 22 heavy (non-hydrogen) atoms. The van der Waals surface area contributed by atoms with Crippen LogP contribution in [0.15, 0.2) is 54.6 Å². The molecule has 0 spiro atoms. The van der Waals surface area contributed by atoms with E-state index in [2.05, 4.69) is 4.90 Å². The largest absolute Gasteiger partial charge is 0.415 e. The number of nitrogens with two attached hydrogens (primary N) is 1. The van der Waals surface area contributed by atoms with Gasteiger partial charge in [-0.05, 0) is 24.3 Å². The Labute approximate surface area is 129 Å². The van der Waals surface area contributed by atoms with E-state index in [1.165, 1.54) is 0 Å². The Hall–Kier alpha value is -2.69. The van der Waals surface area contributed by atoms with E-state index in [4.69, 9.17) is 10.5 Å². The number of para-hydroxylation sites is 3. The van der Waals surface area contributed by atoms with E-state index in [0.29, 0.717) is 18.8 Å². The molecular weight excluding hydrogens is 278 g/mol. The fourth-order valence-electron chi connectivity index (χ4n) is 2.56. The lowest BCUT2D eigenvalue weighted by Crippen LogP contribution is -2.49. The van der Waals surface area contributed by atoms with Crippen LogP contribution in [-0.4, -0.2) is 37.2 Å². The number of hydrogen-bond acceptors (Lipinski definition) is 4. The summed E-state index contributed by atoms with van der Waals surface area (Å²) < 4.78 is 5.36. The summed E-state index contributed by atoms with van der Waals surface area (Å²) in [6, 6.07) is 16.9. The quantitative estimate of drug-likeness (QED) is 0.866. The second-order valence-electron chi connectivity index (χ2n) is 5.21. The average molecular weight is 297 g/mol. The van der Waals surface area contributed by atoms with Crippen molar-refractivity contribution in [1.29, 1.82) is 0 Å².